The molecule has 0 aromatic carbocycles. The highest BCUT2D eigenvalue weighted by atomic mass is 14.1. The zero-order valence-corrected chi connectivity index (χ0v) is 29.6. The van der Waals surface area contributed by atoms with E-state index >= 15 is 0 Å². The Balaban J connectivity index is 3.80. The van der Waals surface area contributed by atoms with Crippen LogP contribution in [-0.2, 0) is 0 Å². The van der Waals surface area contributed by atoms with Crippen molar-refractivity contribution < 1.29 is 0 Å². The zero-order valence-electron chi connectivity index (χ0n) is 29.6. The molecule has 0 N–H and O–H groups in total. The van der Waals surface area contributed by atoms with Gasteiger partial charge in [0.2, 0.25) is 0 Å². The molecule has 4 unspecified atom stereocenters. The summed E-state index contributed by atoms with van der Waals surface area (Å²) in [5, 5.41) is 0. The Bertz CT molecular complexity index is 656. The van der Waals surface area contributed by atoms with Crippen LogP contribution in [0.3, 0.4) is 0 Å². The predicted molar refractivity (Wildman–Crippen MR) is 186 cm³/mol. The molecule has 0 heteroatoms. The van der Waals surface area contributed by atoms with Gasteiger partial charge in [-0.2, -0.15) is 0 Å². The number of hydrogen-bond donors (Lipinski definition) is 0. The third-order valence-electron chi connectivity index (χ3n) is 9.17. The minimum absolute atomic E-state index is 0.861. The smallest absolute Gasteiger partial charge is 0.0323 e. The Kier molecular flexibility index (Phi) is 25.4. The highest BCUT2D eigenvalue weighted by Crippen LogP contribution is 2.23. The van der Waals surface area contributed by atoms with E-state index in [1.165, 1.54) is 128 Å². The summed E-state index contributed by atoms with van der Waals surface area (Å²) >= 11 is 0. The summed E-state index contributed by atoms with van der Waals surface area (Å²) in [7, 11) is 0. The van der Waals surface area contributed by atoms with Crippen LogP contribution in [0.25, 0.3) is 0 Å². The molecule has 0 saturated heterocycles. The van der Waals surface area contributed by atoms with Crippen LogP contribution in [0.15, 0.2) is 34.9 Å². The maximum absolute atomic E-state index is 2.55. The molecule has 0 aromatic rings. The van der Waals surface area contributed by atoms with Gasteiger partial charge in [-0.25, -0.2) is 0 Å². The van der Waals surface area contributed by atoms with Crippen LogP contribution in [0.2, 0.25) is 0 Å². The van der Waals surface area contributed by atoms with Gasteiger partial charge in [0.1, 0.15) is 0 Å². The lowest BCUT2D eigenvalue weighted by atomic mass is 9.93. The van der Waals surface area contributed by atoms with Gasteiger partial charge in [0.05, 0.1) is 0 Å². The first-order chi connectivity index (χ1) is 19.0. The first-order valence-corrected chi connectivity index (χ1v) is 17.9. The fourth-order valence-corrected chi connectivity index (χ4v) is 5.99. The molecule has 0 bridgehead atoms. The van der Waals surface area contributed by atoms with Gasteiger partial charge in [0, 0.05) is 0 Å². The molecule has 0 amide bonds. The minimum Gasteiger partial charge on any atom is -0.0859 e. The van der Waals surface area contributed by atoms with Gasteiger partial charge in [0.25, 0.3) is 0 Å². The Labute approximate surface area is 255 Å². The monoisotopic (exact) mass is 557 g/mol. The average molecular weight is 557 g/mol. The summed E-state index contributed by atoms with van der Waals surface area (Å²) in [5.74, 6) is 4.38. The number of allylic oxidation sites excluding steroid dienone is 6. The standard InChI is InChI=1S/C40H76/c1-33(2)19-13-23-37(7)27-17-31-39(9)29-15-25-35(5)21-11-12-22-36(6)26-16-30-40(10)32-18-28-38(8)24-14-20-34(3)4/h19,29-30,34-38H,11-18,20-28,31-32H2,1-10H3/b39-29+,40-30+. The maximum Gasteiger partial charge on any atom is -0.0323 e. The first-order valence-electron chi connectivity index (χ1n) is 17.9. The van der Waals surface area contributed by atoms with Crippen molar-refractivity contribution >= 4 is 0 Å². The molecule has 0 fully saturated rings. The Morgan fingerprint density at radius 3 is 1.15 bits per heavy atom. The van der Waals surface area contributed by atoms with Gasteiger partial charge < -0.3 is 0 Å². The topological polar surface area (TPSA) is 0 Å². The van der Waals surface area contributed by atoms with Crippen molar-refractivity contribution in [3.05, 3.63) is 34.9 Å². The fraction of sp³-hybridized carbons (Fsp3) is 0.850. The van der Waals surface area contributed by atoms with E-state index in [4.69, 9.17) is 0 Å². The Morgan fingerprint density at radius 1 is 0.400 bits per heavy atom. The van der Waals surface area contributed by atoms with Crippen molar-refractivity contribution in [1.29, 1.82) is 0 Å². The average Bonchev–Trinajstić information content (AvgIpc) is 2.86. The van der Waals surface area contributed by atoms with E-state index in [9.17, 15) is 0 Å². The predicted octanol–water partition coefficient (Wildman–Crippen LogP) is 14.5. The molecule has 0 aliphatic heterocycles. The van der Waals surface area contributed by atoms with Crippen LogP contribution >= 0.6 is 0 Å². The molecule has 0 spiro atoms. The van der Waals surface area contributed by atoms with Crippen molar-refractivity contribution in [2.45, 2.75) is 191 Å². The van der Waals surface area contributed by atoms with Gasteiger partial charge in [0.15, 0.2) is 0 Å². The van der Waals surface area contributed by atoms with Crippen molar-refractivity contribution in [3.8, 4) is 0 Å². The number of rotatable bonds is 26. The largest absolute Gasteiger partial charge is 0.0859 e. The van der Waals surface area contributed by atoms with Crippen LogP contribution in [-0.4, -0.2) is 0 Å². The van der Waals surface area contributed by atoms with E-state index < -0.39 is 0 Å². The molecular weight excluding hydrogens is 480 g/mol. The SMILES string of the molecule is CC(C)=CCCC(C)CCC/C(C)=C/CCC(C)CCCCC(C)CC/C=C(\C)CCCC(C)CCCC(C)C. The molecule has 0 aliphatic rings. The van der Waals surface area contributed by atoms with Crippen LogP contribution in [0.1, 0.15) is 191 Å². The molecule has 0 radical (unpaired) electrons. The second-order valence-corrected chi connectivity index (χ2v) is 14.9. The van der Waals surface area contributed by atoms with E-state index in [-0.39, 0.29) is 0 Å². The summed E-state index contributed by atoms with van der Waals surface area (Å²) in [6, 6.07) is 0. The van der Waals surface area contributed by atoms with Crippen molar-refractivity contribution in [2.75, 3.05) is 0 Å². The summed E-state index contributed by atoms with van der Waals surface area (Å²) in [4.78, 5) is 0. The second-order valence-electron chi connectivity index (χ2n) is 14.9. The molecular formula is C40H76. The quantitative estimate of drug-likeness (QED) is 0.0734. The molecule has 0 nitrogen and oxygen atoms in total. The third-order valence-corrected chi connectivity index (χ3v) is 9.17. The lowest BCUT2D eigenvalue weighted by Crippen LogP contribution is -1.98. The molecule has 0 saturated carbocycles. The summed E-state index contributed by atoms with van der Waals surface area (Å²) < 4.78 is 0. The van der Waals surface area contributed by atoms with Crippen molar-refractivity contribution in [3.63, 3.8) is 0 Å². The molecule has 0 aromatic heterocycles. The Hall–Kier alpha value is -0.780. The highest BCUT2D eigenvalue weighted by molar-refractivity contribution is 4.98. The van der Waals surface area contributed by atoms with E-state index in [2.05, 4.69) is 87.5 Å². The lowest BCUT2D eigenvalue weighted by molar-refractivity contribution is 0.422. The van der Waals surface area contributed by atoms with Crippen LogP contribution < -0.4 is 0 Å². The molecule has 0 aliphatic carbocycles. The minimum atomic E-state index is 0.861. The van der Waals surface area contributed by atoms with Gasteiger partial charge in [-0.1, -0.05) is 134 Å². The summed E-state index contributed by atoms with van der Waals surface area (Å²) in [5.41, 5.74) is 4.71. The maximum atomic E-state index is 2.55. The molecule has 0 heterocycles. The Morgan fingerprint density at radius 2 is 0.750 bits per heavy atom. The summed E-state index contributed by atoms with van der Waals surface area (Å²) in [6.45, 7) is 23.7. The van der Waals surface area contributed by atoms with Gasteiger partial charge in [-0.15, -0.1) is 0 Å². The van der Waals surface area contributed by atoms with Crippen LogP contribution in [0.5, 0.6) is 0 Å². The zero-order chi connectivity index (χ0) is 30.2. The molecule has 236 valence electrons. The summed E-state index contributed by atoms with van der Waals surface area (Å²) in [6.07, 6.45) is 33.4. The first kappa shape index (κ1) is 39.2. The molecule has 4 atom stereocenters. The normalized spacial score (nSPS) is 15.8. The van der Waals surface area contributed by atoms with Crippen molar-refractivity contribution in [2.24, 2.45) is 29.6 Å². The highest BCUT2D eigenvalue weighted by Gasteiger charge is 2.06. The van der Waals surface area contributed by atoms with E-state index in [0.717, 1.165) is 29.6 Å². The molecule has 40 heavy (non-hydrogen) atoms. The van der Waals surface area contributed by atoms with Gasteiger partial charge >= 0.3 is 0 Å². The lowest BCUT2D eigenvalue weighted by Gasteiger charge is -2.13. The molecule has 0 rings (SSSR count). The fourth-order valence-electron chi connectivity index (χ4n) is 5.99. The van der Waals surface area contributed by atoms with Gasteiger partial charge in [-0.05, 0) is 121 Å². The van der Waals surface area contributed by atoms with E-state index in [1.54, 1.807) is 11.1 Å². The van der Waals surface area contributed by atoms with E-state index in [1.807, 2.05) is 0 Å². The second kappa shape index (κ2) is 25.9. The number of unbranched alkanes of at least 4 members (excludes halogenated alkanes) is 1. The number of hydrogen-bond acceptors (Lipinski definition) is 0. The van der Waals surface area contributed by atoms with Crippen LogP contribution in [0.4, 0.5) is 0 Å². The van der Waals surface area contributed by atoms with Crippen molar-refractivity contribution in [1.82, 2.24) is 0 Å². The third kappa shape index (κ3) is 27.4. The van der Waals surface area contributed by atoms with Gasteiger partial charge in [-0.3, -0.25) is 0 Å². The van der Waals surface area contributed by atoms with E-state index in [0.29, 0.717) is 0 Å². The van der Waals surface area contributed by atoms with Crippen LogP contribution in [0, 0.1) is 29.6 Å².